The minimum atomic E-state index is -0.624. The Morgan fingerprint density at radius 3 is 2.60 bits per heavy atom. The van der Waals surface area contributed by atoms with E-state index in [1.807, 2.05) is 6.92 Å². The van der Waals surface area contributed by atoms with Gasteiger partial charge in [-0.25, -0.2) is 0 Å². The van der Waals surface area contributed by atoms with Crippen LogP contribution in [0.5, 0.6) is 0 Å². The third-order valence-electron chi connectivity index (χ3n) is 3.98. The van der Waals surface area contributed by atoms with Crippen molar-refractivity contribution in [2.24, 2.45) is 5.92 Å². The van der Waals surface area contributed by atoms with Crippen molar-refractivity contribution < 1.29 is 9.84 Å². The standard InChI is InChI=1S/C13H22O2/c1-13(14,11-6-3-2-4-7-11)12-8-5-9-15-10-12/h10-11,14H,2-9H2,1H3. The maximum absolute atomic E-state index is 10.6. The van der Waals surface area contributed by atoms with Crippen LogP contribution >= 0.6 is 0 Å². The van der Waals surface area contributed by atoms with Crippen LogP contribution in [0.2, 0.25) is 0 Å². The average molecular weight is 210 g/mol. The summed E-state index contributed by atoms with van der Waals surface area (Å²) in [6.45, 7) is 2.79. The largest absolute Gasteiger partial charge is 0.501 e. The molecule has 1 heterocycles. The van der Waals surface area contributed by atoms with Crippen molar-refractivity contribution in [3.63, 3.8) is 0 Å². The molecule has 1 atom stereocenters. The van der Waals surface area contributed by atoms with Gasteiger partial charge in [0.2, 0.25) is 0 Å². The summed E-state index contributed by atoms with van der Waals surface area (Å²) >= 11 is 0. The SMILES string of the molecule is CC(O)(C1=COCCC1)C1CCCCC1. The molecule has 0 aromatic carbocycles. The van der Waals surface area contributed by atoms with E-state index in [4.69, 9.17) is 4.74 Å². The Balaban J connectivity index is 2.06. The molecule has 15 heavy (non-hydrogen) atoms. The molecule has 0 radical (unpaired) electrons. The van der Waals surface area contributed by atoms with Crippen LogP contribution in [0.3, 0.4) is 0 Å². The van der Waals surface area contributed by atoms with Gasteiger partial charge in [0, 0.05) is 0 Å². The monoisotopic (exact) mass is 210 g/mol. The third-order valence-corrected chi connectivity index (χ3v) is 3.98. The highest BCUT2D eigenvalue weighted by Crippen LogP contribution is 2.39. The summed E-state index contributed by atoms with van der Waals surface area (Å²) < 4.78 is 5.34. The third kappa shape index (κ3) is 2.36. The van der Waals surface area contributed by atoms with Crippen LogP contribution in [0.25, 0.3) is 0 Å². The van der Waals surface area contributed by atoms with Gasteiger partial charge in [0.25, 0.3) is 0 Å². The molecule has 0 spiro atoms. The lowest BCUT2D eigenvalue weighted by Crippen LogP contribution is -2.38. The summed E-state index contributed by atoms with van der Waals surface area (Å²) in [5.74, 6) is 0.444. The van der Waals surface area contributed by atoms with E-state index in [0.717, 1.165) is 25.0 Å². The van der Waals surface area contributed by atoms with E-state index in [0.29, 0.717) is 5.92 Å². The van der Waals surface area contributed by atoms with Crippen LogP contribution in [-0.4, -0.2) is 17.3 Å². The smallest absolute Gasteiger partial charge is 0.0889 e. The second kappa shape index (κ2) is 4.56. The van der Waals surface area contributed by atoms with Crippen molar-refractivity contribution in [1.29, 1.82) is 0 Å². The van der Waals surface area contributed by atoms with Crippen molar-refractivity contribution in [3.8, 4) is 0 Å². The van der Waals surface area contributed by atoms with Crippen LogP contribution in [0.4, 0.5) is 0 Å². The fraction of sp³-hybridized carbons (Fsp3) is 0.846. The second-order valence-electron chi connectivity index (χ2n) is 5.10. The Bertz CT molecular complexity index is 237. The molecule has 1 N–H and O–H groups in total. The van der Waals surface area contributed by atoms with Crippen LogP contribution in [0, 0.1) is 5.92 Å². The first kappa shape index (κ1) is 11.0. The lowest BCUT2D eigenvalue weighted by molar-refractivity contribution is 0.00664. The molecule has 2 nitrogen and oxygen atoms in total. The van der Waals surface area contributed by atoms with E-state index >= 15 is 0 Å². The first-order valence-electron chi connectivity index (χ1n) is 6.25. The van der Waals surface area contributed by atoms with E-state index in [1.54, 1.807) is 6.26 Å². The van der Waals surface area contributed by atoms with Crippen LogP contribution in [0.15, 0.2) is 11.8 Å². The van der Waals surface area contributed by atoms with Gasteiger partial charge in [0.15, 0.2) is 0 Å². The van der Waals surface area contributed by atoms with Gasteiger partial charge in [-0.3, -0.25) is 0 Å². The Labute approximate surface area is 92.3 Å². The first-order chi connectivity index (χ1) is 7.21. The minimum Gasteiger partial charge on any atom is -0.501 e. The summed E-state index contributed by atoms with van der Waals surface area (Å²) in [6.07, 6.45) is 10.1. The molecule has 1 unspecified atom stereocenters. The van der Waals surface area contributed by atoms with Crippen LogP contribution in [-0.2, 0) is 4.74 Å². The molecule has 0 aromatic rings. The number of rotatable bonds is 2. The van der Waals surface area contributed by atoms with Gasteiger partial charge < -0.3 is 9.84 Å². The van der Waals surface area contributed by atoms with Crippen molar-refractivity contribution in [2.75, 3.05) is 6.61 Å². The molecule has 1 aliphatic carbocycles. The molecule has 1 saturated carbocycles. The topological polar surface area (TPSA) is 29.5 Å². The molecule has 2 aliphatic rings. The number of hydrogen-bond acceptors (Lipinski definition) is 2. The van der Waals surface area contributed by atoms with E-state index in [2.05, 4.69) is 0 Å². The zero-order chi connectivity index (χ0) is 10.7. The molecule has 2 heteroatoms. The molecule has 1 aliphatic heterocycles. The Hall–Kier alpha value is -0.500. The zero-order valence-corrected chi connectivity index (χ0v) is 9.67. The molecule has 0 aromatic heterocycles. The first-order valence-corrected chi connectivity index (χ1v) is 6.25. The summed E-state index contributed by atoms with van der Waals surface area (Å²) in [7, 11) is 0. The summed E-state index contributed by atoms with van der Waals surface area (Å²) in [4.78, 5) is 0. The normalized spacial score (nSPS) is 27.7. The van der Waals surface area contributed by atoms with Crippen molar-refractivity contribution in [2.45, 2.75) is 57.5 Å². The van der Waals surface area contributed by atoms with Crippen molar-refractivity contribution in [1.82, 2.24) is 0 Å². The zero-order valence-electron chi connectivity index (χ0n) is 9.67. The molecular weight excluding hydrogens is 188 g/mol. The van der Waals surface area contributed by atoms with Crippen LogP contribution < -0.4 is 0 Å². The number of aliphatic hydroxyl groups is 1. The molecular formula is C13H22O2. The van der Waals surface area contributed by atoms with Gasteiger partial charge in [0.05, 0.1) is 18.5 Å². The molecule has 0 saturated heterocycles. The lowest BCUT2D eigenvalue weighted by atomic mass is 9.73. The number of ether oxygens (including phenoxy) is 1. The quantitative estimate of drug-likeness (QED) is 0.759. The van der Waals surface area contributed by atoms with E-state index in [-0.39, 0.29) is 0 Å². The summed E-state index contributed by atoms with van der Waals surface area (Å²) in [5.41, 5.74) is 0.488. The molecule has 0 bridgehead atoms. The van der Waals surface area contributed by atoms with Crippen molar-refractivity contribution in [3.05, 3.63) is 11.8 Å². The Morgan fingerprint density at radius 2 is 2.00 bits per heavy atom. The summed E-state index contributed by atoms with van der Waals surface area (Å²) in [5, 5.41) is 10.6. The maximum atomic E-state index is 10.6. The van der Waals surface area contributed by atoms with Gasteiger partial charge in [-0.05, 0) is 44.1 Å². The van der Waals surface area contributed by atoms with E-state index in [1.165, 1.54) is 32.1 Å². The Morgan fingerprint density at radius 1 is 1.27 bits per heavy atom. The highest BCUT2D eigenvalue weighted by atomic mass is 16.5. The van der Waals surface area contributed by atoms with E-state index < -0.39 is 5.60 Å². The average Bonchev–Trinajstić information content (AvgIpc) is 2.31. The van der Waals surface area contributed by atoms with Gasteiger partial charge >= 0.3 is 0 Å². The lowest BCUT2D eigenvalue weighted by Gasteiger charge is -2.38. The van der Waals surface area contributed by atoms with Gasteiger partial charge in [-0.1, -0.05) is 19.3 Å². The maximum Gasteiger partial charge on any atom is 0.0889 e. The van der Waals surface area contributed by atoms with Crippen LogP contribution in [0.1, 0.15) is 51.9 Å². The van der Waals surface area contributed by atoms with Crippen molar-refractivity contribution >= 4 is 0 Å². The predicted octanol–water partition coefficient (Wildman–Crippen LogP) is 3.01. The predicted molar refractivity (Wildman–Crippen MR) is 60.5 cm³/mol. The number of hydrogen-bond donors (Lipinski definition) is 1. The second-order valence-corrected chi connectivity index (χ2v) is 5.10. The molecule has 2 rings (SSSR count). The summed E-state index contributed by atoms with van der Waals surface area (Å²) in [6, 6.07) is 0. The Kier molecular flexibility index (Phi) is 3.35. The molecule has 1 fully saturated rings. The highest BCUT2D eigenvalue weighted by Gasteiger charge is 2.36. The van der Waals surface area contributed by atoms with Gasteiger partial charge in [-0.2, -0.15) is 0 Å². The van der Waals surface area contributed by atoms with E-state index in [9.17, 15) is 5.11 Å². The fourth-order valence-corrected chi connectivity index (χ4v) is 2.86. The minimum absolute atomic E-state index is 0.444. The van der Waals surface area contributed by atoms with Gasteiger partial charge in [0.1, 0.15) is 0 Å². The molecule has 86 valence electrons. The van der Waals surface area contributed by atoms with Gasteiger partial charge in [-0.15, -0.1) is 0 Å². The molecule has 0 amide bonds. The highest BCUT2D eigenvalue weighted by molar-refractivity contribution is 5.16. The fourth-order valence-electron chi connectivity index (χ4n) is 2.86.